The van der Waals surface area contributed by atoms with Crippen LogP contribution in [-0.4, -0.2) is 18.5 Å². The van der Waals surface area contributed by atoms with Crippen LogP contribution >= 0.6 is 15.9 Å². The van der Waals surface area contributed by atoms with E-state index in [4.69, 9.17) is 0 Å². The monoisotopic (exact) mass is 372 g/mol. The van der Waals surface area contributed by atoms with Crippen LogP contribution in [0.15, 0.2) is 53.0 Å². The minimum Gasteiger partial charge on any atom is -0.310 e. The summed E-state index contributed by atoms with van der Waals surface area (Å²) in [4.78, 5) is 14.7. The van der Waals surface area contributed by atoms with Gasteiger partial charge in [-0.15, -0.1) is 0 Å². The Bertz CT molecular complexity index is 716. The molecule has 0 spiro atoms. The van der Waals surface area contributed by atoms with Crippen LogP contribution in [-0.2, 0) is 11.2 Å². The first kappa shape index (κ1) is 16.2. The molecule has 3 rings (SSSR count). The summed E-state index contributed by atoms with van der Waals surface area (Å²) in [6.07, 6.45) is 0.939. The van der Waals surface area contributed by atoms with Gasteiger partial charge in [0, 0.05) is 22.7 Å². The Morgan fingerprint density at radius 1 is 1.13 bits per heavy atom. The van der Waals surface area contributed by atoms with Crippen molar-refractivity contribution in [3.05, 3.63) is 64.1 Å². The first-order chi connectivity index (χ1) is 11.1. The molecule has 0 aromatic heterocycles. The number of amides is 1. The fourth-order valence-corrected chi connectivity index (χ4v) is 3.79. The second kappa shape index (κ2) is 6.85. The maximum absolute atomic E-state index is 12.8. The van der Waals surface area contributed by atoms with Gasteiger partial charge in [-0.1, -0.05) is 52.3 Å². The second-order valence-electron chi connectivity index (χ2n) is 6.00. The number of carbonyl (C=O) groups is 1. The van der Waals surface area contributed by atoms with E-state index in [0.29, 0.717) is 0 Å². The Labute approximate surface area is 145 Å². The number of hydrogen-bond donors (Lipinski definition) is 1. The number of para-hydroxylation sites is 1. The number of hydrogen-bond acceptors (Lipinski definition) is 2. The normalized spacial score (nSPS) is 16.0. The van der Waals surface area contributed by atoms with Crippen molar-refractivity contribution in [3.8, 4) is 0 Å². The molecule has 1 N–H and O–H groups in total. The zero-order valence-corrected chi connectivity index (χ0v) is 15.0. The summed E-state index contributed by atoms with van der Waals surface area (Å²) in [5.41, 5.74) is 3.47. The number of fused-ring (bicyclic) bond motifs is 1. The van der Waals surface area contributed by atoms with Gasteiger partial charge in [-0.3, -0.25) is 10.1 Å². The fraction of sp³-hybridized carbons (Fsp3) is 0.316. The van der Waals surface area contributed by atoms with E-state index in [0.717, 1.165) is 28.7 Å². The first-order valence-corrected chi connectivity index (χ1v) is 8.77. The highest BCUT2D eigenvalue weighted by Crippen LogP contribution is 2.28. The van der Waals surface area contributed by atoms with Crippen molar-refractivity contribution in [2.75, 3.05) is 11.4 Å². The minimum atomic E-state index is -0.233. The summed E-state index contributed by atoms with van der Waals surface area (Å²) in [5, 5.41) is 3.42. The summed E-state index contributed by atoms with van der Waals surface area (Å²) in [6, 6.07) is 16.1. The minimum absolute atomic E-state index is 0.0994. The second-order valence-corrected chi connectivity index (χ2v) is 6.85. The molecule has 0 saturated carbocycles. The van der Waals surface area contributed by atoms with Crippen molar-refractivity contribution in [3.63, 3.8) is 0 Å². The van der Waals surface area contributed by atoms with E-state index in [1.165, 1.54) is 5.56 Å². The molecule has 0 aliphatic carbocycles. The first-order valence-electron chi connectivity index (χ1n) is 7.97. The highest BCUT2D eigenvalue weighted by Gasteiger charge is 2.28. The van der Waals surface area contributed by atoms with E-state index >= 15 is 0 Å². The lowest BCUT2D eigenvalue weighted by atomic mass is 10.1. The summed E-state index contributed by atoms with van der Waals surface area (Å²) >= 11 is 3.58. The molecule has 2 aromatic carbocycles. The van der Waals surface area contributed by atoms with E-state index in [-0.39, 0.29) is 18.0 Å². The van der Waals surface area contributed by atoms with Crippen LogP contribution in [0.5, 0.6) is 0 Å². The molecule has 1 heterocycles. The van der Waals surface area contributed by atoms with Gasteiger partial charge in [0.05, 0.1) is 6.04 Å². The van der Waals surface area contributed by atoms with Gasteiger partial charge in [0.1, 0.15) is 0 Å². The summed E-state index contributed by atoms with van der Waals surface area (Å²) in [5.74, 6) is 0.133. The van der Waals surface area contributed by atoms with Gasteiger partial charge in [0.15, 0.2) is 0 Å². The molecule has 23 heavy (non-hydrogen) atoms. The van der Waals surface area contributed by atoms with Gasteiger partial charge < -0.3 is 4.90 Å². The predicted molar refractivity (Wildman–Crippen MR) is 97.7 cm³/mol. The molecule has 0 fully saturated rings. The Hall–Kier alpha value is -1.65. The Morgan fingerprint density at radius 2 is 1.83 bits per heavy atom. The van der Waals surface area contributed by atoms with E-state index in [1.54, 1.807) is 0 Å². The quantitative estimate of drug-likeness (QED) is 0.876. The number of benzene rings is 2. The molecule has 0 radical (unpaired) electrons. The summed E-state index contributed by atoms with van der Waals surface area (Å²) in [7, 11) is 0. The number of nitrogens with one attached hydrogen (secondary N) is 1. The lowest BCUT2D eigenvalue weighted by Gasteiger charge is -2.25. The van der Waals surface area contributed by atoms with Gasteiger partial charge in [-0.05, 0) is 43.5 Å². The molecule has 1 aliphatic heterocycles. The zero-order valence-electron chi connectivity index (χ0n) is 13.4. The zero-order chi connectivity index (χ0) is 16.4. The molecule has 4 heteroatoms. The topological polar surface area (TPSA) is 32.3 Å². The molecule has 0 unspecified atom stereocenters. The Balaban J connectivity index is 1.70. The third-order valence-corrected chi connectivity index (χ3v) is 5.12. The van der Waals surface area contributed by atoms with E-state index in [1.807, 2.05) is 48.2 Å². The van der Waals surface area contributed by atoms with Crippen molar-refractivity contribution >= 4 is 27.5 Å². The van der Waals surface area contributed by atoms with Crippen LogP contribution in [0.25, 0.3) is 0 Å². The van der Waals surface area contributed by atoms with Crippen molar-refractivity contribution in [1.29, 1.82) is 0 Å². The van der Waals surface area contributed by atoms with Crippen LogP contribution in [0.3, 0.4) is 0 Å². The molecule has 2 aromatic rings. The van der Waals surface area contributed by atoms with Crippen LogP contribution in [0.4, 0.5) is 5.69 Å². The molecular formula is C19H21BrN2O. The van der Waals surface area contributed by atoms with Crippen molar-refractivity contribution in [2.45, 2.75) is 32.4 Å². The van der Waals surface area contributed by atoms with Gasteiger partial charge >= 0.3 is 0 Å². The molecule has 3 nitrogen and oxygen atoms in total. The highest BCUT2D eigenvalue weighted by atomic mass is 79.9. The molecule has 0 saturated heterocycles. The van der Waals surface area contributed by atoms with Crippen molar-refractivity contribution < 1.29 is 4.79 Å². The van der Waals surface area contributed by atoms with Gasteiger partial charge in [-0.25, -0.2) is 0 Å². The molecule has 2 atom stereocenters. The third-order valence-electron chi connectivity index (χ3n) is 4.40. The molecular weight excluding hydrogens is 352 g/mol. The van der Waals surface area contributed by atoms with Crippen molar-refractivity contribution in [1.82, 2.24) is 5.32 Å². The molecule has 1 aliphatic rings. The van der Waals surface area contributed by atoms with E-state index in [2.05, 4.69) is 40.3 Å². The molecule has 0 bridgehead atoms. The van der Waals surface area contributed by atoms with Gasteiger partial charge in [-0.2, -0.15) is 0 Å². The summed E-state index contributed by atoms with van der Waals surface area (Å²) < 4.78 is 1.06. The largest absolute Gasteiger partial charge is 0.310 e. The third kappa shape index (κ3) is 3.33. The number of nitrogens with zero attached hydrogens (tertiary/aromatic N) is 1. The van der Waals surface area contributed by atoms with Crippen LogP contribution in [0.2, 0.25) is 0 Å². The lowest BCUT2D eigenvalue weighted by molar-refractivity contribution is -0.120. The fourth-order valence-electron chi connectivity index (χ4n) is 3.16. The average molecular weight is 373 g/mol. The van der Waals surface area contributed by atoms with E-state index < -0.39 is 0 Å². The van der Waals surface area contributed by atoms with Crippen LogP contribution < -0.4 is 10.2 Å². The van der Waals surface area contributed by atoms with Crippen LogP contribution in [0.1, 0.15) is 31.0 Å². The molecule has 120 valence electrons. The number of carbonyl (C=O) groups excluding carboxylic acids is 1. The number of anilines is 1. The van der Waals surface area contributed by atoms with E-state index in [9.17, 15) is 4.79 Å². The Kier molecular flexibility index (Phi) is 4.83. The van der Waals surface area contributed by atoms with Gasteiger partial charge in [0.2, 0.25) is 5.91 Å². The summed E-state index contributed by atoms with van der Waals surface area (Å²) in [6.45, 7) is 4.80. The number of halogens is 1. The van der Waals surface area contributed by atoms with Crippen LogP contribution in [0, 0.1) is 0 Å². The highest BCUT2D eigenvalue weighted by molar-refractivity contribution is 9.10. The Morgan fingerprint density at radius 3 is 2.61 bits per heavy atom. The maximum Gasteiger partial charge on any atom is 0.243 e. The predicted octanol–water partition coefficient (Wildman–Crippen LogP) is 4.08. The SMILES string of the molecule is C[C@H](N[C@H](C)c1ccccc1Br)C(=O)N1CCc2ccccc21. The standard InChI is InChI=1S/C19H21BrN2O/c1-13(16-8-4-5-9-17(16)20)21-14(2)19(23)22-12-11-15-7-3-6-10-18(15)22/h3-10,13-14,21H,11-12H2,1-2H3/t13-,14+/m1/s1. The maximum atomic E-state index is 12.8. The molecule has 1 amide bonds. The van der Waals surface area contributed by atoms with Gasteiger partial charge in [0.25, 0.3) is 0 Å². The lowest BCUT2D eigenvalue weighted by Crippen LogP contribution is -2.45. The van der Waals surface area contributed by atoms with Crippen molar-refractivity contribution in [2.24, 2.45) is 0 Å². The number of rotatable bonds is 4. The smallest absolute Gasteiger partial charge is 0.243 e. The average Bonchev–Trinajstić information content (AvgIpc) is 2.98.